The van der Waals surface area contributed by atoms with Crippen molar-refractivity contribution in [1.82, 2.24) is 9.13 Å². The molecule has 0 atom stereocenters. The Balaban J connectivity index is 2.43. The largest absolute Gasteiger partial charge is 0.337 e. The van der Waals surface area contributed by atoms with Crippen LogP contribution in [0, 0.1) is 11.2 Å². The number of halogens is 1. The van der Waals surface area contributed by atoms with Gasteiger partial charge in [-0.15, -0.1) is 11.3 Å². The molecule has 18 heavy (non-hydrogen) atoms. The summed E-state index contributed by atoms with van der Waals surface area (Å²) in [5, 5.41) is 12.0. The summed E-state index contributed by atoms with van der Waals surface area (Å²) < 4.78 is 14.7. The maximum Gasteiger partial charge on any atom is 0.337 e. The zero-order valence-corrected chi connectivity index (χ0v) is 10.1. The number of hydrogen-bond donors (Lipinski definition) is 2. The molecule has 8 heteroatoms. The highest BCUT2D eigenvalue weighted by Crippen LogP contribution is 2.14. The van der Waals surface area contributed by atoms with Gasteiger partial charge in [0, 0.05) is 7.05 Å². The van der Waals surface area contributed by atoms with Crippen LogP contribution in [0.5, 0.6) is 0 Å². The standard InChI is InChI=1S/C10H9FN4O2S/c1-14-8(12)6(11)5-15(10(14)17)9(16)13-7-3-2-4-18-7/h2-5,12H,1H3,(H,13,16). The molecule has 2 heterocycles. The van der Waals surface area contributed by atoms with E-state index in [1.807, 2.05) is 0 Å². The van der Waals surface area contributed by atoms with Gasteiger partial charge in [0.1, 0.15) is 0 Å². The van der Waals surface area contributed by atoms with Crippen molar-refractivity contribution in [2.45, 2.75) is 0 Å². The lowest BCUT2D eigenvalue weighted by molar-refractivity contribution is 0.251. The number of thiophene rings is 1. The minimum absolute atomic E-state index is 0.546. The highest BCUT2D eigenvalue weighted by Gasteiger charge is 2.12. The van der Waals surface area contributed by atoms with E-state index in [1.54, 1.807) is 17.5 Å². The van der Waals surface area contributed by atoms with E-state index in [2.05, 4.69) is 5.32 Å². The molecule has 0 saturated heterocycles. The molecule has 0 spiro atoms. The van der Waals surface area contributed by atoms with Gasteiger partial charge in [-0.1, -0.05) is 0 Å². The van der Waals surface area contributed by atoms with Crippen molar-refractivity contribution in [3.8, 4) is 0 Å². The molecule has 1 amide bonds. The Hall–Kier alpha value is -2.22. The third-order valence-electron chi connectivity index (χ3n) is 2.27. The van der Waals surface area contributed by atoms with Gasteiger partial charge in [-0.25, -0.2) is 18.5 Å². The van der Waals surface area contributed by atoms with Gasteiger partial charge in [0.05, 0.1) is 11.2 Å². The Morgan fingerprint density at radius 3 is 2.89 bits per heavy atom. The molecule has 0 saturated carbocycles. The first kappa shape index (κ1) is 12.2. The first-order valence-corrected chi connectivity index (χ1v) is 5.76. The van der Waals surface area contributed by atoms with Gasteiger partial charge >= 0.3 is 11.7 Å². The molecule has 0 fully saturated rings. The Bertz CT molecular complexity index is 702. The average molecular weight is 268 g/mol. The normalized spacial score (nSPS) is 10.3. The topological polar surface area (TPSA) is 79.9 Å². The van der Waals surface area contributed by atoms with Gasteiger partial charge in [-0.3, -0.25) is 15.3 Å². The lowest BCUT2D eigenvalue weighted by atomic mass is 10.5. The van der Waals surface area contributed by atoms with Crippen molar-refractivity contribution in [2.75, 3.05) is 5.32 Å². The molecule has 0 aromatic carbocycles. The van der Waals surface area contributed by atoms with E-state index in [1.165, 1.54) is 18.4 Å². The predicted molar refractivity (Wildman–Crippen MR) is 64.2 cm³/mol. The number of aromatic nitrogens is 2. The second-order valence-electron chi connectivity index (χ2n) is 3.44. The second-order valence-corrected chi connectivity index (χ2v) is 4.39. The third-order valence-corrected chi connectivity index (χ3v) is 3.05. The van der Waals surface area contributed by atoms with E-state index in [-0.39, 0.29) is 0 Å². The first-order valence-electron chi connectivity index (χ1n) is 4.88. The van der Waals surface area contributed by atoms with Crippen molar-refractivity contribution >= 4 is 22.4 Å². The van der Waals surface area contributed by atoms with Crippen LogP contribution < -0.4 is 16.5 Å². The van der Waals surface area contributed by atoms with Gasteiger partial charge in [0.25, 0.3) is 0 Å². The van der Waals surface area contributed by atoms with E-state index in [9.17, 15) is 14.0 Å². The predicted octanol–water partition coefficient (Wildman–Crippen LogP) is 0.947. The lowest BCUT2D eigenvalue weighted by Gasteiger charge is -2.07. The van der Waals surface area contributed by atoms with Gasteiger partial charge in [-0.2, -0.15) is 0 Å². The van der Waals surface area contributed by atoms with Crippen LogP contribution in [-0.4, -0.2) is 15.2 Å². The number of nitrogens with one attached hydrogen (secondary N) is 2. The van der Waals surface area contributed by atoms with E-state index in [0.717, 1.165) is 4.57 Å². The third kappa shape index (κ3) is 2.09. The molecule has 2 aromatic rings. The van der Waals surface area contributed by atoms with Crippen LogP contribution in [0.2, 0.25) is 0 Å². The van der Waals surface area contributed by atoms with Gasteiger partial charge in [0.15, 0.2) is 11.3 Å². The molecule has 94 valence electrons. The fourth-order valence-electron chi connectivity index (χ4n) is 1.31. The summed E-state index contributed by atoms with van der Waals surface area (Å²) in [6.45, 7) is 0. The van der Waals surface area contributed by atoms with E-state index < -0.39 is 23.0 Å². The summed E-state index contributed by atoms with van der Waals surface area (Å²) in [4.78, 5) is 23.5. The summed E-state index contributed by atoms with van der Waals surface area (Å²) in [6, 6.07) is 2.62. The van der Waals surface area contributed by atoms with Crippen molar-refractivity contribution in [3.63, 3.8) is 0 Å². The van der Waals surface area contributed by atoms with E-state index >= 15 is 0 Å². The van der Waals surface area contributed by atoms with E-state index in [4.69, 9.17) is 5.41 Å². The average Bonchev–Trinajstić information content (AvgIpc) is 2.83. The molecule has 0 radical (unpaired) electrons. The number of rotatable bonds is 1. The Morgan fingerprint density at radius 2 is 2.28 bits per heavy atom. The monoisotopic (exact) mass is 268 g/mol. The van der Waals surface area contributed by atoms with Gasteiger partial charge in [-0.05, 0) is 17.5 Å². The zero-order valence-electron chi connectivity index (χ0n) is 9.31. The fraction of sp³-hybridized carbons (Fsp3) is 0.100. The van der Waals surface area contributed by atoms with Crippen LogP contribution >= 0.6 is 11.3 Å². The second kappa shape index (κ2) is 4.57. The van der Waals surface area contributed by atoms with Crippen molar-refractivity contribution in [1.29, 1.82) is 5.41 Å². The number of hydrogen-bond acceptors (Lipinski definition) is 4. The lowest BCUT2D eigenvalue weighted by Crippen LogP contribution is -2.43. The molecule has 2 rings (SSSR count). The number of nitrogens with zero attached hydrogens (tertiary/aromatic N) is 2. The molecule has 0 bridgehead atoms. The molecule has 2 N–H and O–H groups in total. The van der Waals surface area contributed by atoms with E-state index in [0.29, 0.717) is 15.8 Å². The summed E-state index contributed by atoms with van der Waals surface area (Å²) in [7, 11) is 1.22. The maximum absolute atomic E-state index is 13.3. The van der Waals surface area contributed by atoms with Gasteiger partial charge in [0.2, 0.25) is 0 Å². The minimum Gasteiger partial charge on any atom is -0.298 e. The smallest absolute Gasteiger partial charge is 0.298 e. The van der Waals surface area contributed by atoms with Crippen molar-refractivity contribution in [2.24, 2.45) is 7.05 Å². The van der Waals surface area contributed by atoms with Gasteiger partial charge < -0.3 is 0 Å². The highest BCUT2D eigenvalue weighted by atomic mass is 32.1. The SMILES string of the molecule is Cn1c(=N)c(F)cn(C(=O)Nc2cccs2)c1=O. The Morgan fingerprint density at radius 1 is 1.56 bits per heavy atom. The Kier molecular flexibility index (Phi) is 3.11. The summed E-state index contributed by atoms with van der Waals surface area (Å²) in [5.41, 5.74) is -1.35. The molecular formula is C10H9FN4O2S. The summed E-state index contributed by atoms with van der Waals surface area (Å²) in [5.74, 6) is -0.946. The highest BCUT2D eigenvalue weighted by molar-refractivity contribution is 7.14. The van der Waals surface area contributed by atoms with Crippen LogP contribution in [-0.2, 0) is 7.05 Å². The number of amides is 1. The minimum atomic E-state index is -0.946. The molecule has 6 nitrogen and oxygen atoms in total. The molecule has 0 aliphatic heterocycles. The zero-order chi connectivity index (χ0) is 13.3. The Labute approximate surface area is 104 Å². The van der Waals surface area contributed by atoms with Crippen molar-refractivity contribution in [3.05, 3.63) is 45.5 Å². The van der Waals surface area contributed by atoms with Crippen LogP contribution in [0.3, 0.4) is 0 Å². The fourth-order valence-corrected chi connectivity index (χ4v) is 1.92. The first-order chi connectivity index (χ1) is 8.50. The van der Waals surface area contributed by atoms with Crippen LogP contribution in [0.4, 0.5) is 14.2 Å². The van der Waals surface area contributed by atoms with Crippen LogP contribution in [0.25, 0.3) is 0 Å². The van der Waals surface area contributed by atoms with Crippen LogP contribution in [0.15, 0.2) is 28.5 Å². The number of carbonyl (C=O) groups is 1. The molecule has 0 aliphatic carbocycles. The maximum atomic E-state index is 13.3. The quantitative estimate of drug-likeness (QED) is 0.807. The molecular weight excluding hydrogens is 259 g/mol. The summed E-state index contributed by atoms with van der Waals surface area (Å²) in [6.07, 6.45) is 0.702. The number of carbonyl (C=O) groups excluding carboxylic acids is 1. The molecule has 0 unspecified atom stereocenters. The van der Waals surface area contributed by atoms with Crippen molar-refractivity contribution < 1.29 is 9.18 Å². The number of anilines is 1. The molecule has 2 aromatic heterocycles. The van der Waals surface area contributed by atoms with Crippen LogP contribution in [0.1, 0.15) is 0 Å². The molecule has 0 aliphatic rings. The summed E-state index contributed by atoms with van der Waals surface area (Å²) >= 11 is 1.28.